The SMILES string of the molecule is O=C1C(=O)N(CN2CCN(c3ccccc3)CC2)c2ccc(Br)cc21. The van der Waals surface area contributed by atoms with E-state index < -0.39 is 11.7 Å². The molecule has 2 aromatic rings. The Bertz CT molecular complexity index is 817. The van der Waals surface area contributed by atoms with Crippen LogP contribution in [-0.2, 0) is 4.79 Å². The molecule has 2 aromatic carbocycles. The van der Waals surface area contributed by atoms with Gasteiger partial charge in [0.25, 0.3) is 5.78 Å². The molecule has 0 saturated carbocycles. The van der Waals surface area contributed by atoms with E-state index in [1.54, 1.807) is 11.0 Å². The highest BCUT2D eigenvalue weighted by atomic mass is 79.9. The van der Waals surface area contributed by atoms with Gasteiger partial charge in [-0.05, 0) is 30.3 Å². The van der Waals surface area contributed by atoms with Gasteiger partial charge >= 0.3 is 5.91 Å². The third-order valence-corrected chi connectivity index (χ3v) is 5.26. The smallest absolute Gasteiger partial charge is 0.300 e. The molecule has 0 spiro atoms. The van der Waals surface area contributed by atoms with Gasteiger partial charge in [-0.3, -0.25) is 19.4 Å². The lowest BCUT2D eigenvalue weighted by Crippen LogP contribution is -2.51. The predicted molar refractivity (Wildman–Crippen MR) is 101 cm³/mol. The molecule has 2 aliphatic heterocycles. The van der Waals surface area contributed by atoms with Crippen LogP contribution >= 0.6 is 15.9 Å². The molecule has 6 heteroatoms. The lowest BCUT2D eigenvalue weighted by molar-refractivity contribution is -0.114. The van der Waals surface area contributed by atoms with Crippen LogP contribution in [0.4, 0.5) is 11.4 Å². The van der Waals surface area contributed by atoms with Crippen molar-refractivity contribution in [2.24, 2.45) is 0 Å². The number of anilines is 2. The Morgan fingerprint density at radius 3 is 2.36 bits per heavy atom. The first-order chi connectivity index (χ1) is 12.1. The number of Topliss-reactive ketones (excluding diaryl/α,β-unsaturated/α-hetero) is 1. The van der Waals surface area contributed by atoms with Gasteiger partial charge in [0.1, 0.15) is 0 Å². The number of carbonyl (C=O) groups is 2. The van der Waals surface area contributed by atoms with Crippen molar-refractivity contribution in [1.82, 2.24) is 4.90 Å². The van der Waals surface area contributed by atoms with E-state index in [9.17, 15) is 9.59 Å². The summed E-state index contributed by atoms with van der Waals surface area (Å²) in [7, 11) is 0. The number of ketones is 1. The number of nitrogens with zero attached hydrogens (tertiary/aromatic N) is 3. The molecule has 0 unspecified atom stereocenters. The monoisotopic (exact) mass is 399 g/mol. The van der Waals surface area contributed by atoms with E-state index >= 15 is 0 Å². The van der Waals surface area contributed by atoms with Crippen molar-refractivity contribution in [2.75, 3.05) is 42.6 Å². The molecule has 2 heterocycles. The van der Waals surface area contributed by atoms with Crippen LogP contribution in [0.25, 0.3) is 0 Å². The summed E-state index contributed by atoms with van der Waals surface area (Å²) in [6.45, 7) is 4.00. The second-order valence-electron chi connectivity index (χ2n) is 6.31. The first-order valence-electron chi connectivity index (χ1n) is 8.31. The summed E-state index contributed by atoms with van der Waals surface area (Å²) in [5, 5.41) is 0. The molecule has 5 nitrogen and oxygen atoms in total. The Morgan fingerprint density at radius 1 is 0.920 bits per heavy atom. The van der Waals surface area contributed by atoms with Crippen molar-refractivity contribution < 1.29 is 9.59 Å². The van der Waals surface area contributed by atoms with Gasteiger partial charge in [-0.2, -0.15) is 0 Å². The van der Waals surface area contributed by atoms with Gasteiger partial charge < -0.3 is 4.90 Å². The number of hydrogen-bond acceptors (Lipinski definition) is 4. The molecule has 0 atom stereocenters. The number of piperazine rings is 1. The normalized spacial score (nSPS) is 18.0. The van der Waals surface area contributed by atoms with Crippen LogP contribution in [0.15, 0.2) is 53.0 Å². The van der Waals surface area contributed by atoms with Crippen molar-refractivity contribution >= 4 is 39.0 Å². The van der Waals surface area contributed by atoms with Gasteiger partial charge in [0.2, 0.25) is 0 Å². The molecule has 1 fully saturated rings. The summed E-state index contributed by atoms with van der Waals surface area (Å²) in [5.74, 6) is -0.849. The molecule has 0 aromatic heterocycles. The topological polar surface area (TPSA) is 43.9 Å². The Kier molecular flexibility index (Phi) is 4.31. The molecule has 25 heavy (non-hydrogen) atoms. The van der Waals surface area contributed by atoms with E-state index in [1.165, 1.54) is 5.69 Å². The van der Waals surface area contributed by atoms with E-state index in [0.29, 0.717) is 17.9 Å². The summed E-state index contributed by atoms with van der Waals surface area (Å²) in [6, 6.07) is 15.8. The van der Waals surface area contributed by atoms with Gasteiger partial charge in [0.15, 0.2) is 0 Å². The summed E-state index contributed by atoms with van der Waals surface area (Å²) < 4.78 is 0.811. The lowest BCUT2D eigenvalue weighted by atomic mass is 10.1. The molecule has 0 N–H and O–H groups in total. The number of halogens is 1. The number of carbonyl (C=O) groups excluding carboxylic acids is 2. The first-order valence-corrected chi connectivity index (χ1v) is 9.11. The number of fused-ring (bicyclic) bond motifs is 1. The summed E-state index contributed by atoms with van der Waals surface area (Å²) in [5.41, 5.74) is 2.43. The summed E-state index contributed by atoms with van der Waals surface area (Å²) in [6.07, 6.45) is 0. The van der Waals surface area contributed by atoms with E-state index in [-0.39, 0.29) is 0 Å². The van der Waals surface area contributed by atoms with Crippen molar-refractivity contribution in [2.45, 2.75) is 0 Å². The number of benzene rings is 2. The van der Waals surface area contributed by atoms with Crippen LogP contribution in [0.1, 0.15) is 10.4 Å². The maximum absolute atomic E-state index is 12.4. The quantitative estimate of drug-likeness (QED) is 0.744. The van der Waals surface area contributed by atoms with Crippen molar-refractivity contribution in [1.29, 1.82) is 0 Å². The van der Waals surface area contributed by atoms with Gasteiger partial charge in [-0.25, -0.2) is 0 Å². The number of rotatable bonds is 3. The third-order valence-electron chi connectivity index (χ3n) is 4.77. The fourth-order valence-electron chi connectivity index (χ4n) is 3.40. The average molecular weight is 400 g/mol. The Hall–Kier alpha value is -2.18. The van der Waals surface area contributed by atoms with Gasteiger partial charge in [0, 0.05) is 36.3 Å². The summed E-state index contributed by atoms with van der Waals surface area (Å²) in [4.78, 5) is 30.7. The average Bonchev–Trinajstić information content (AvgIpc) is 2.88. The van der Waals surface area contributed by atoms with Crippen LogP contribution in [0.2, 0.25) is 0 Å². The zero-order chi connectivity index (χ0) is 17.4. The van der Waals surface area contributed by atoms with E-state index in [4.69, 9.17) is 0 Å². The molecule has 128 valence electrons. The number of amides is 1. The number of hydrogen-bond donors (Lipinski definition) is 0. The second kappa shape index (κ2) is 6.61. The Morgan fingerprint density at radius 2 is 1.64 bits per heavy atom. The van der Waals surface area contributed by atoms with E-state index in [0.717, 1.165) is 30.7 Å². The molecule has 0 radical (unpaired) electrons. The Labute approximate surface area is 155 Å². The summed E-state index contributed by atoms with van der Waals surface area (Å²) >= 11 is 3.36. The zero-order valence-corrected chi connectivity index (χ0v) is 15.3. The molecule has 1 amide bonds. The van der Waals surface area contributed by atoms with Gasteiger partial charge in [-0.1, -0.05) is 34.1 Å². The minimum atomic E-state index is -0.432. The highest BCUT2D eigenvalue weighted by Gasteiger charge is 2.37. The van der Waals surface area contributed by atoms with Crippen LogP contribution in [0.3, 0.4) is 0 Å². The van der Waals surface area contributed by atoms with Crippen LogP contribution in [0.5, 0.6) is 0 Å². The molecule has 0 aliphatic carbocycles. The van der Waals surface area contributed by atoms with Gasteiger partial charge in [0.05, 0.1) is 17.9 Å². The largest absolute Gasteiger partial charge is 0.369 e. The molecule has 4 rings (SSSR count). The standard InChI is InChI=1S/C19H18BrN3O2/c20-14-6-7-17-16(12-14)18(24)19(25)23(17)13-21-8-10-22(11-9-21)15-4-2-1-3-5-15/h1-7,12H,8-11,13H2. The van der Waals surface area contributed by atoms with E-state index in [1.807, 2.05) is 30.3 Å². The molecule has 2 aliphatic rings. The molecule has 0 bridgehead atoms. The first kappa shape index (κ1) is 16.3. The lowest BCUT2D eigenvalue weighted by Gasteiger charge is -2.37. The number of para-hydroxylation sites is 1. The molecular formula is C19H18BrN3O2. The van der Waals surface area contributed by atoms with Crippen molar-refractivity contribution in [3.63, 3.8) is 0 Å². The molecular weight excluding hydrogens is 382 g/mol. The van der Waals surface area contributed by atoms with Gasteiger partial charge in [-0.15, -0.1) is 0 Å². The Balaban J connectivity index is 1.44. The van der Waals surface area contributed by atoms with Crippen LogP contribution in [0, 0.1) is 0 Å². The second-order valence-corrected chi connectivity index (χ2v) is 7.22. The minimum absolute atomic E-state index is 0.417. The minimum Gasteiger partial charge on any atom is -0.369 e. The fourth-order valence-corrected chi connectivity index (χ4v) is 3.76. The fraction of sp³-hybridized carbons (Fsp3) is 0.263. The van der Waals surface area contributed by atoms with Crippen molar-refractivity contribution in [3.05, 3.63) is 58.6 Å². The molecule has 1 saturated heterocycles. The predicted octanol–water partition coefficient (Wildman–Crippen LogP) is 2.76. The maximum atomic E-state index is 12.4. The highest BCUT2D eigenvalue weighted by molar-refractivity contribution is 9.10. The highest BCUT2D eigenvalue weighted by Crippen LogP contribution is 2.31. The van der Waals surface area contributed by atoms with Crippen LogP contribution < -0.4 is 9.80 Å². The van der Waals surface area contributed by atoms with E-state index in [2.05, 4.69) is 37.9 Å². The maximum Gasteiger partial charge on any atom is 0.300 e. The zero-order valence-electron chi connectivity index (χ0n) is 13.7. The third kappa shape index (κ3) is 3.07. The van der Waals surface area contributed by atoms with Crippen LogP contribution in [-0.4, -0.2) is 49.4 Å². The van der Waals surface area contributed by atoms with Crippen molar-refractivity contribution in [3.8, 4) is 0 Å².